The molecular weight excluding hydrogens is 232 g/mol. The summed E-state index contributed by atoms with van der Waals surface area (Å²) >= 11 is 0. The largest absolute Gasteiger partial charge is 0.299 e. The van der Waals surface area contributed by atoms with Crippen molar-refractivity contribution in [1.29, 1.82) is 0 Å². The Kier molecular flexibility index (Phi) is 4.16. The topological polar surface area (TPSA) is 17.1 Å². The Morgan fingerprint density at radius 2 is 1.63 bits per heavy atom. The summed E-state index contributed by atoms with van der Waals surface area (Å²) in [6, 6.07) is 14.5. The standard InChI is InChI=1S/C18H20O/c1-13-5-4-6-16(9-13)11-18(19)12-17-10-14(2)7-8-15(17)3/h4-10H,11-12H2,1-3H3. The van der Waals surface area contributed by atoms with Gasteiger partial charge in [0.15, 0.2) is 0 Å². The molecule has 1 heteroatoms. The van der Waals surface area contributed by atoms with E-state index >= 15 is 0 Å². The van der Waals surface area contributed by atoms with Gasteiger partial charge in [-0.3, -0.25) is 4.79 Å². The SMILES string of the molecule is Cc1cccc(CC(=O)Cc2cc(C)ccc2C)c1. The van der Waals surface area contributed by atoms with Gasteiger partial charge < -0.3 is 0 Å². The molecule has 19 heavy (non-hydrogen) atoms. The molecule has 0 unspecified atom stereocenters. The fourth-order valence-electron chi connectivity index (χ4n) is 2.32. The molecule has 0 spiro atoms. The number of ketones is 1. The number of hydrogen-bond donors (Lipinski definition) is 0. The highest BCUT2D eigenvalue weighted by Gasteiger charge is 2.07. The summed E-state index contributed by atoms with van der Waals surface area (Å²) in [7, 11) is 0. The summed E-state index contributed by atoms with van der Waals surface area (Å²) in [5, 5.41) is 0. The van der Waals surface area contributed by atoms with Crippen LogP contribution < -0.4 is 0 Å². The first-order valence-electron chi connectivity index (χ1n) is 6.68. The molecule has 0 aliphatic carbocycles. The predicted octanol–water partition coefficient (Wildman–Crippen LogP) is 3.97. The number of Topliss-reactive ketones (excluding diaryl/α,β-unsaturated/α-hetero) is 1. The smallest absolute Gasteiger partial charge is 0.141 e. The number of benzene rings is 2. The minimum Gasteiger partial charge on any atom is -0.299 e. The van der Waals surface area contributed by atoms with Gasteiger partial charge in [-0.05, 0) is 37.5 Å². The lowest BCUT2D eigenvalue weighted by Gasteiger charge is -2.07. The van der Waals surface area contributed by atoms with Crippen molar-refractivity contribution in [2.75, 3.05) is 0 Å². The molecule has 98 valence electrons. The second-order valence-electron chi connectivity index (χ2n) is 5.31. The van der Waals surface area contributed by atoms with Crippen LogP contribution in [-0.2, 0) is 17.6 Å². The highest BCUT2D eigenvalue weighted by atomic mass is 16.1. The van der Waals surface area contributed by atoms with Crippen molar-refractivity contribution in [3.63, 3.8) is 0 Å². The lowest BCUT2D eigenvalue weighted by molar-refractivity contribution is -0.117. The van der Waals surface area contributed by atoms with E-state index in [0.29, 0.717) is 12.8 Å². The molecule has 0 bridgehead atoms. The normalized spacial score (nSPS) is 10.5. The third-order valence-corrected chi connectivity index (χ3v) is 3.38. The minimum atomic E-state index is 0.277. The Hall–Kier alpha value is -1.89. The molecule has 0 aromatic heterocycles. The van der Waals surface area contributed by atoms with E-state index in [2.05, 4.69) is 51.1 Å². The fourth-order valence-corrected chi connectivity index (χ4v) is 2.32. The van der Waals surface area contributed by atoms with Crippen LogP contribution in [0.25, 0.3) is 0 Å². The molecule has 0 amide bonds. The average molecular weight is 252 g/mol. The van der Waals surface area contributed by atoms with Gasteiger partial charge in [0.05, 0.1) is 0 Å². The summed E-state index contributed by atoms with van der Waals surface area (Å²) in [5.41, 5.74) is 5.87. The van der Waals surface area contributed by atoms with Crippen LogP contribution in [0.3, 0.4) is 0 Å². The number of hydrogen-bond acceptors (Lipinski definition) is 1. The number of carbonyl (C=O) groups excluding carboxylic acids is 1. The van der Waals surface area contributed by atoms with Crippen LogP contribution in [-0.4, -0.2) is 5.78 Å². The van der Waals surface area contributed by atoms with Crippen molar-refractivity contribution in [3.8, 4) is 0 Å². The summed E-state index contributed by atoms with van der Waals surface area (Å²) in [4.78, 5) is 12.2. The first-order valence-corrected chi connectivity index (χ1v) is 6.68. The number of rotatable bonds is 4. The van der Waals surface area contributed by atoms with Crippen LogP contribution in [0, 0.1) is 20.8 Å². The van der Waals surface area contributed by atoms with Crippen molar-refractivity contribution < 1.29 is 4.79 Å². The molecule has 0 heterocycles. The maximum Gasteiger partial charge on any atom is 0.141 e. The van der Waals surface area contributed by atoms with Gasteiger partial charge >= 0.3 is 0 Å². The van der Waals surface area contributed by atoms with Gasteiger partial charge in [0.1, 0.15) is 5.78 Å². The zero-order valence-electron chi connectivity index (χ0n) is 11.9. The molecular formula is C18H20O. The maximum absolute atomic E-state index is 12.2. The van der Waals surface area contributed by atoms with Gasteiger partial charge in [-0.2, -0.15) is 0 Å². The quantitative estimate of drug-likeness (QED) is 0.804. The Morgan fingerprint density at radius 3 is 2.37 bits per heavy atom. The molecule has 0 aliphatic rings. The van der Waals surface area contributed by atoms with E-state index < -0.39 is 0 Å². The zero-order chi connectivity index (χ0) is 13.8. The number of aryl methyl sites for hydroxylation is 3. The lowest BCUT2D eigenvalue weighted by Crippen LogP contribution is -2.08. The van der Waals surface area contributed by atoms with Crippen LogP contribution in [0.5, 0.6) is 0 Å². The first-order chi connectivity index (χ1) is 9.04. The molecule has 1 nitrogen and oxygen atoms in total. The van der Waals surface area contributed by atoms with Crippen molar-refractivity contribution >= 4 is 5.78 Å². The average Bonchev–Trinajstić information content (AvgIpc) is 2.34. The third kappa shape index (κ3) is 3.78. The van der Waals surface area contributed by atoms with Crippen molar-refractivity contribution in [3.05, 3.63) is 70.3 Å². The molecule has 0 fully saturated rings. The predicted molar refractivity (Wildman–Crippen MR) is 79.5 cm³/mol. The van der Waals surface area contributed by atoms with E-state index in [9.17, 15) is 4.79 Å². The molecule has 0 radical (unpaired) electrons. The Balaban J connectivity index is 2.07. The zero-order valence-corrected chi connectivity index (χ0v) is 11.9. The molecule has 0 atom stereocenters. The fraction of sp³-hybridized carbons (Fsp3) is 0.278. The van der Waals surface area contributed by atoms with Crippen LogP contribution in [0.4, 0.5) is 0 Å². The molecule has 2 aromatic rings. The van der Waals surface area contributed by atoms with E-state index in [0.717, 1.165) is 11.1 Å². The van der Waals surface area contributed by atoms with E-state index in [4.69, 9.17) is 0 Å². The summed E-state index contributed by atoms with van der Waals surface area (Å²) in [5.74, 6) is 0.277. The van der Waals surface area contributed by atoms with Crippen molar-refractivity contribution in [2.45, 2.75) is 33.6 Å². The van der Waals surface area contributed by atoms with Crippen molar-refractivity contribution in [2.24, 2.45) is 0 Å². The lowest BCUT2D eigenvalue weighted by atomic mass is 9.97. The first kappa shape index (κ1) is 13.5. The summed E-state index contributed by atoms with van der Waals surface area (Å²) in [6.07, 6.45) is 1.05. The van der Waals surface area contributed by atoms with Crippen LogP contribution in [0.2, 0.25) is 0 Å². The minimum absolute atomic E-state index is 0.277. The van der Waals surface area contributed by atoms with Gasteiger partial charge in [-0.15, -0.1) is 0 Å². The molecule has 2 aromatic carbocycles. The Labute approximate surface area is 115 Å². The highest BCUT2D eigenvalue weighted by molar-refractivity contribution is 5.83. The van der Waals surface area contributed by atoms with Crippen molar-refractivity contribution in [1.82, 2.24) is 0 Å². The summed E-state index contributed by atoms with van der Waals surface area (Å²) < 4.78 is 0. The van der Waals surface area contributed by atoms with Gasteiger partial charge in [-0.25, -0.2) is 0 Å². The van der Waals surface area contributed by atoms with E-state index in [1.54, 1.807) is 0 Å². The number of carbonyl (C=O) groups is 1. The highest BCUT2D eigenvalue weighted by Crippen LogP contribution is 2.13. The monoisotopic (exact) mass is 252 g/mol. The van der Waals surface area contributed by atoms with Crippen LogP contribution in [0.1, 0.15) is 27.8 Å². The Morgan fingerprint density at radius 1 is 0.895 bits per heavy atom. The summed E-state index contributed by atoms with van der Waals surface area (Å²) in [6.45, 7) is 6.18. The third-order valence-electron chi connectivity index (χ3n) is 3.38. The van der Waals surface area contributed by atoms with E-state index in [1.165, 1.54) is 16.7 Å². The molecule has 2 rings (SSSR count). The maximum atomic E-state index is 12.2. The van der Waals surface area contributed by atoms with E-state index in [1.807, 2.05) is 12.1 Å². The van der Waals surface area contributed by atoms with Crippen LogP contribution >= 0.6 is 0 Å². The van der Waals surface area contributed by atoms with Crippen LogP contribution in [0.15, 0.2) is 42.5 Å². The molecule has 0 saturated carbocycles. The van der Waals surface area contributed by atoms with E-state index in [-0.39, 0.29) is 5.78 Å². The molecule has 0 saturated heterocycles. The molecule has 0 N–H and O–H groups in total. The molecule has 0 aliphatic heterocycles. The second-order valence-corrected chi connectivity index (χ2v) is 5.31. The van der Waals surface area contributed by atoms with Gasteiger partial charge in [0.25, 0.3) is 0 Å². The van der Waals surface area contributed by atoms with Gasteiger partial charge in [-0.1, -0.05) is 53.6 Å². The van der Waals surface area contributed by atoms with Gasteiger partial charge in [0.2, 0.25) is 0 Å². The van der Waals surface area contributed by atoms with Gasteiger partial charge in [0, 0.05) is 12.8 Å². The second kappa shape index (κ2) is 5.83. The Bertz CT molecular complexity index is 596.